The molecule has 0 saturated carbocycles. The third-order valence-electron chi connectivity index (χ3n) is 4.78. The fourth-order valence-electron chi connectivity index (χ4n) is 3.32. The molecule has 0 spiro atoms. The molecule has 4 rings (SSSR count). The number of para-hydroxylation sites is 1. The lowest BCUT2D eigenvalue weighted by molar-refractivity contribution is 0.101. The normalized spacial score (nSPS) is 10.8. The van der Waals surface area contributed by atoms with Crippen LogP contribution in [0.15, 0.2) is 60.8 Å². The van der Waals surface area contributed by atoms with Gasteiger partial charge in [-0.05, 0) is 56.2 Å². The van der Waals surface area contributed by atoms with Crippen LogP contribution in [0.4, 0.5) is 17.3 Å². The van der Waals surface area contributed by atoms with Crippen molar-refractivity contribution < 1.29 is 4.79 Å². The molecule has 0 saturated heterocycles. The molecule has 6 heteroatoms. The molecule has 2 aromatic heterocycles. The van der Waals surface area contributed by atoms with Gasteiger partial charge in [0.05, 0.1) is 0 Å². The van der Waals surface area contributed by atoms with Gasteiger partial charge in [0, 0.05) is 41.0 Å². The number of aromatic amines is 1. The second-order valence-corrected chi connectivity index (χ2v) is 6.98. The molecule has 0 radical (unpaired) electrons. The summed E-state index contributed by atoms with van der Waals surface area (Å²) in [6, 6.07) is 17.6. The molecule has 29 heavy (non-hydrogen) atoms. The first-order valence-corrected chi connectivity index (χ1v) is 9.61. The van der Waals surface area contributed by atoms with Gasteiger partial charge in [-0.2, -0.15) is 0 Å². The van der Waals surface area contributed by atoms with E-state index >= 15 is 0 Å². The molecule has 2 aromatic carbocycles. The van der Waals surface area contributed by atoms with Crippen molar-refractivity contribution in [3.05, 3.63) is 77.7 Å². The average molecular weight is 385 g/mol. The Hall–Kier alpha value is -3.67. The molecule has 0 aliphatic heterocycles. The first kappa shape index (κ1) is 18.7. The number of ketones is 1. The van der Waals surface area contributed by atoms with Crippen LogP contribution < -0.4 is 10.6 Å². The summed E-state index contributed by atoms with van der Waals surface area (Å²) in [5, 5.41) is 7.92. The van der Waals surface area contributed by atoms with Crippen molar-refractivity contribution in [1.82, 2.24) is 15.0 Å². The van der Waals surface area contributed by atoms with Crippen LogP contribution in [0.3, 0.4) is 0 Å². The van der Waals surface area contributed by atoms with Crippen LogP contribution in [0.25, 0.3) is 10.9 Å². The number of hydrogen-bond donors (Lipinski definition) is 3. The molecule has 0 bridgehead atoms. The summed E-state index contributed by atoms with van der Waals surface area (Å²) >= 11 is 0. The highest BCUT2D eigenvalue weighted by molar-refractivity contribution is 5.94. The van der Waals surface area contributed by atoms with Crippen LogP contribution in [-0.4, -0.2) is 27.3 Å². The maximum atomic E-state index is 11.4. The number of hydrogen-bond acceptors (Lipinski definition) is 5. The van der Waals surface area contributed by atoms with Crippen molar-refractivity contribution in [3.63, 3.8) is 0 Å². The summed E-state index contributed by atoms with van der Waals surface area (Å²) in [6.07, 6.45) is 2.96. The van der Waals surface area contributed by atoms with Gasteiger partial charge in [-0.15, -0.1) is 0 Å². The minimum absolute atomic E-state index is 0.0520. The van der Waals surface area contributed by atoms with E-state index in [1.807, 2.05) is 31.2 Å². The van der Waals surface area contributed by atoms with E-state index < -0.39 is 0 Å². The van der Waals surface area contributed by atoms with Crippen molar-refractivity contribution in [2.75, 3.05) is 17.2 Å². The Labute approximate surface area is 169 Å². The molecule has 0 amide bonds. The van der Waals surface area contributed by atoms with E-state index in [1.54, 1.807) is 19.1 Å². The van der Waals surface area contributed by atoms with E-state index in [-0.39, 0.29) is 5.78 Å². The highest BCUT2D eigenvalue weighted by Crippen LogP contribution is 2.20. The van der Waals surface area contributed by atoms with Gasteiger partial charge in [-0.3, -0.25) is 4.79 Å². The number of benzene rings is 2. The maximum absolute atomic E-state index is 11.4. The van der Waals surface area contributed by atoms with Gasteiger partial charge < -0.3 is 15.6 Å². The SMILES string of the molecule is CC(=O)c1ccc(Nc2cc(NCCc3c[nH]c4ccccc34)nc(C)n2)cc1. The highest BCUT2D eigenvalue weighted by Gasteiger charge is 2.06. The minimum Gasteiger partial charge on any atom is -0.370 e. The Balaban J connectivity index is 1.42. The molecule has 0 unspecified atom stereocenters. The third kappa shape index (κ3) is 4.43. The minimum atomic E-state index is 0.0520. The quantitative estimate of drug-likeness (QED) is 0.396. The monoisotopic (exact) mass is 385 g/mol. The van der Waals surface area contributed by atoms with Gasteiger partial charge in [0.15, 0.2) is 5.78 Å². The maximum Gasteiger partial charge on any atom is 0.159 e. The molecule has 3 N–H and O–H groups in total. The van der Waals surface area contributed by atoms with Crippen LogP contribution >= 0.6 is 0 Å². The second-order valence-electron chi connectivity index (χ2n) is 6.98. The zero-order valence-electron chi connectivity index (χ0n) is 16.5. The Bertz CT molecular complexity index is 1150. The van der Waals surface area contributed by atoms with Crippen molar-refractivity contribution in [2.45, 2.75) is 20.3 Å². The molecule has 6 nitrogen and oxygen atoms in total. The fourth-order valence-corrected chi connectivity index (χ4v) is 3.32. The number of nitrogens with zero attached hydrogens (tertiary/aromatic N) is 2. The standard InChI is InChI=1S/C23H23N5O/c1-15(29)17-7-9-19(10-8-17)28-23-13-22(26-16(2)27-23)24-12-11-18-14-25-21-6-4-3-5-20(18)21/h3-10,13-14,25H,11-12H2,1-2H3,(H2,24,26,27,28). The topological polar surface area (TPSA) is 82.7 Å². The molecule has 4 aromatic rings. The molecule has 2 heterocycles. The summed E-state index contributed by atoms with van der Waals surface area (Å²) in [7, 11) is 0. The number of nitrogens with one attached hydrogen (secondary N) is 3. The zero-order chi connectivity index (χ0) is 20.2. The number of carbonyl (C=O) groups is 1. The number of aromatic nitrogens is 3. The number of carbonyl (C=O) groups excluding carboxylic acids is 1. The van der Waals surface area contributed by atoms with Gasteiger partial charge in [0.1, 0.15) is 17.5 Å². The Morgan fingerprint density at radius 1 is 1.03 bits per heavy atom. The van der Waals surface area contributed by atoms with E-state index in [0.29, 0.717) is 17.2 Å². The zero-order valence-corrected chi connectivity index (χ0v) is 16.5. The van der Waals surface area contributed by atoms with Crippen LogP contribution in [-0.2, 0) is 6.42 Å². The highest BCUT2D eigenvalue weighted by atomic mass is 16.1. The van der Waals surface area contributed by atoms with Gasteiger partial charge >= 0.3 is 0 Å². The Kier molecular flexibility index (Phi) is 5.24. The number of fused-ring (bicyclic) bond motifs is 1. The molecule has 0 atom stereocenters. The van der Waals surface area contributed by atoms with Crippen LogP contribution in [0, 0.1) is 6.92 Å². The van der Waals surface area contributed by atoms with Gasteiger partial charge in [0.25, 0.3) is 0 Å². The van der Waals surface area contributed by atoms with Crippen LogP contribution in [0.1, 0.15) is 28.7 Å². The third-order valence-corrected chi connectivity index (χ3v) is 4.78. The predicted molar refractivity (Wildman–Crippen MR) is 117 cm³/mol. The largest absolute Gasteiger partial charge is 0.370 e. The molecule has 0 aliphatic rings. The number of Topliss-reactive ketones (excluding diaryl/α,β-unsaturated/α-hetero) is 1. The van der Waals surface area contributed by atoms with Crippen molar-refractivity contribution >= 4 is 34.0 Å². The van der Waals surface area contributed by atoms with Gasteiger partial charge in [0.2, 0.25) is 0 Å². The summed E-state index contributed by atoms with van der Waals surface area (Å²) in [5.41, 5.74) is 4.00. The number of anilines is 3. The van der Waals surface area contributed by atoms with E-state index in [9.17, 15) is 4.79 Å². The predicted octanol–water partition coefficient (Wildman–Crippen LogP) is 4.87. The summed E-state index contributed by atoms with van der Waals surface area (Å²) in [4.78, 5) is 23.7. The summed E-state index contributed by atoms with van der Waals surface area (Å²) in [6.45, 7) is 4.20. The second kappa shape index (κ2) is 8.14. The first-order chi connectivity index (χ1) is 14.1. The number of H-pyrrole nitrogens is 1. The lowest BCUT2D eigenvalue weighted by atomic mass is 10.1. The van der Waals surface area contributed by atoms with Crippen molar-refractivity contribution in [2.24, 2.45) is 0 Å². The lowest BCUT2D eigenvalue weighted by Crippen LogP contribution is -2.08. The first-order valence-electron chi connectivity index (χ1n) is 9.61. The van der Waals surface area contributed by atoms with Crippen LogP contribution in [0.2, 0.25) is 0 Å². The van der Waals surface area contributed by atoms with Crippen LogP contribution in [0.5, 0.6) is 0 Å². The van der Waals surface area contributed by atoms with Crippen molar-refractivity contribution in [1.29, 1.82) is 0 Å². The summed E-state index contributed by atoms with van der Waals surface area (Å²) in [5.74, 6) is 2.23. The van der Waals surface area contributed by atoms with E-state index in [0.717, 1.165) is 30.0 Å². The molecule has 0 aliphatic carbocycles. The van der Waals surface area contributed by atoms with Gasteiger partial charge in [-0.25, -0.2) is 9.97 Å². The van der Waals surface area contributed by atoms with Gasteiger partial charge in [-0.1, -0.05) is 18.2 Å². The molecule has 146 valence electrons. The number of rotatable bonds is 7. The molecular formula is C23H23N5O. The van der Waals surface area contributed by atoms with E-state index in [4.69, 9.17) is 0 Å². The van der Waals surface area contributed by atoms with E-state index in [2.05, 4.69) is 50.0 Å². The average Bonchev–Trinajstić information content (AvgIpc) is 3.11. The molecular weight excluding hydrogens is 362 g/mol. The molecule has 0 fully saturated rings. The number of aryl methyl sites for hydroxylation is 1. The summed E-state index contributed by atoms with van der Waals surface area (Å²) < 4.78 is 0. The Morgan fingerprint density at radius 3 is 2.59 bits per heavy atom. The fraction of sp³-hybridized carbons (Fsp3) is 0.174. The Morgan fingerprint density at radius 2 is 1.79 bits per heavy atom. The van der Waals surface area contributed by atoms with Crippen molar-refractivity contribution in [3.8, 4) is 0 Å². The lowest BCUT2D eigenvalue weighted by Gasteiger charge is -2.10. The van der Waals surface area contributed by atoms with E-state index in [1.165, 1.54) is 10.9 Å². The smallest absolute Gasteiger partial charge is 0.159 e.